The van der Waals surface area contributed by atoms with Crippen LogP contribution in [-0.4, -0.2) is 25.8 Å². The lowest BCUT2D eigenvalue weighted by Gasteiger charge is -2.35. The molecule has 0 spiro atoms. The van der Waals surface area contributed by atoms with E-state index in [2.05, 4.69) is 51.8 Å². The maximum Gasteiger partial charge on any atom is 0.0494 e. The zero-order chi connectivity index (χ0) is 13.6. The highest BCUT2D eigenvalue weighted by Gasteiger charge is 2.28. The molecule has 2 nitrogen and oxygen atoms in total. The van der Waals surface area contributed by atoms with Crippen LogP contribution in [0.5, 0.6) is 0 Å². The SMILES string of the molecule is CCNC(CC#CC(C)(C)C)C1CCOCC1C. The minimum atomic E-state index is 0.109. The van der Waals surface area contributed by atoms with Crippen LogP contribution in [0.25, 0.3) is 0 Å². The Morgan fingerprint density at radius 2 is 2.11 bits per heavy atom. The monoisotopic (exact) mass is 251 g/mol. The topological polar surface area (TPSA) is 21.3 Å². The van der Waals surface area contributed by atoms with Crippen LogP contribution in [0, 0.1) is 29.1 Å². The molecule has 1 fully saturated rings. The Hall–Kier alpha value is -0.520. The summed E-state index contributed by atoms with van der Waals surface area (Å²) in [6, 6.07) is 0.517. The molecule has 0 aromatic rings. The van der Waals surface area contributed by atoms with E-state index in [4.69, 9.17) is 4.74 Å². The fourth-order valence-corrected chi connectivity index (χ4v) is 2.56. The fourth-order valence-electron chi connectivity index (χ4n) is 2.56. The summed E-state index contributed by atoms with van der Waals surface area (Å²) in [5, 5.41) is 3.61. The first kappa shape index (κ1) is 15.5. The molecule has 0 radical (unpaired) electrons. The third kappa shape index (κ3) is 5.42. The van der Waals surface area contributed by atoms with Gasteiger partial charge in [-0.25, -0.2) is 0 Å². The Morgan fingerprint density at radius 1 is 1.39 bits per heavy atom. The highest BCUT2D eigenvalue weighted by Crippen LogP contribution is 2.26. The van der Waals surface area contributed by atoms with Crippen molar-refractivity contribution in [3.8, 4) is 11.8 Å². The van der Waals surface area contributed by atoms with Gasteiger partial charge in [0.15, 0.2) is 0 Å². The van der Waals surface area contributed by atoms with E-state index in [1.807, 2.05) is 0 Å². The zero-order valence-electron chi connectivity index (χ0n) is 12.7. The first-order valence-electron chi connectivity index (χ1n) is 7.25. The van der Waals surface area contributed by atoms with Gasteiger partial charge in [0.25, 0.3) is 0 Å². The number of rotatable bonds is 4. The summed E-state index contributed by atoms with van der Waals surface area (Å²) >= 11 is 0. The van der Waals surface area contributed by atoms with Crippen LogP contribution in [-0.2, 0) is 4.74 Å². The number of hydrogen-bond donors (Lipinski definition) is 1. The Bertz CT molecular complexity index is 294. The van der Waals surface area contributed by atoms with E-state index in [9.17, 15) is 0 Å². The van der Waals surface area contributed by atoms with Crippen molar-refractivity contribution in [1.82, 2.24) is 5.32 Å². The molecule has 0 aromatic carbocycles. The summed E-state index contributed by atoms with van der Waals surface area (Å²) in [4.78, 5) is 0. The smallest absolute Gasteiger partial charge is 0.0494 e. The molecule has 1 heterocycles. The van der Waals surface area contributed by atoms with Crippen LogP contribution >= 0.6 is 0 Å². The molecule has 1 rings (SSSR count). The molecule has 0 amide bonds. The van der Waals surface area contributed by atoms with Crippen LogP contribution in [0.4, 0.5) is 0 Å². The van der Waals surface area contributed by atoms with Gasteiger partial charge >= 0.3 is 0 Å². The molecule has 1 aliphatic rings. The van der Waals surface area contributed by atoms with Crippen molar-refractivity contribution >= 4 is 0 Å². The van der Waals surface area contributed by atoms with Gasteiger partial charge in [-0.2, -0.15) is 0 Å². The molecule has 1 saturated heterocycles. The van der Waals surface area contributed by atoms with Gasteiger partial charge in [-0.15, -0.1) is 5.92 Å². The molecular weight excluding hydrogens is 222 g/mol. The van der Waals surface area contributed by atoms with Crippen LogP contribution in [0.2, 0.25) is 0 Å². The van der Waals surface area contributed by atoms with Gasteiger partial charge in [-0.05, 0) is 45.6 Å². The highest BCUT2D eigenvalue weighted by atomic mass is 16.5. The minimum Gasteiger partial charge on any atom is -0.381 e. The molecule has 0 bridgehead atoms. The maximum absolute atomic E-state index is 5.54. The lowest BCUT2D eigenvalue weighted by atomic mass is 9.82. The van der Waals surface area contributed by atoms with E-state index in [-0.39, 0.29) is 5.41 Å². The summed E-state index contributed by atoms with van der Waals surface area (Å²) in [7, 11) is 0. The normalized spacial score (nSPS) is 26.3. The Labute approximate surface area is 113 Å². The van der Waals surface area contributed by atoms with Crippen molar-refractivity contribution in [3.63, 3.8) is 0 Å². The molecular formula is C16H29NO. The summed E-state index contributed by atoms with van der Waals surface area (Å²) in [6.07, 6.45) is 2.12. The van der Waals surface area contributed by atoms with Crippen molar-refractivity contribution in [3.05, 3.63) is 0 Å². The van der Waals surface area contributed by atoms with Gasteiger partial charge in [0.1, 0.15) is 0 Å². The molecule has 2 heteroatoms. The molecule has 104 valence electrons. The third-order valence-corrected chi connectivity index (χ3v) is 3.48. The molecule has 3 atom stereocenters. The van der Waals surface area contributed by atoms with Crippen LogP contribution in [0.15, 0.2) is 0 Å². The summed E-state index contributed by atoms with van der Waals surface area (Å²) < 4.78 is 5.54. The Morgan fingerprint density at radius 3 is 2.67 bits per heavy atom. The average Bonchev–Trinajstić information content (AvgIpc) is 2.27. The van der Waals surface area contributed by atoms with Gasteiger partial charge in [0.05, 0.1) is 0 Å². The average molecular weight is 251 g/mol. The van der Waals surface area contributed by atoms with E-state index in [0.29, 0.717) is 17.9 Å². The highest BCUT2D eigenvalue weighted by molar-refractivity contribution is 5.09. The Balaban J connectivity index is 2.60. The minimum absolute atomic E-state index is 0.109. The predicted octanol–water partition coefficient (Wildman–Crippen LogP) is 3.08. The molecule has 1 aliphatic heterocycles. The Kier molecular flexibility index (Phi) is 6.18. The first-order chi connectivity index (χ1) is 8.44. The predicted molar refractivity (Wildman–Crippen MR) is 77.4 cm³/mol. The number of hydrogen-bond acceptors (Lipinski definition) is 2. The standard InChI is InChI=1S/C16H29NO/c1-6-17-15(8-7-10-16(3,4)5)14-9-11-18-12-13(14)2/h13-15,17H,6,8-9,11-12H2,1-5H3. The number of nitrogens with one attached hydrogen (secondary N) is 1. The summed E-state index contributed by atoms with van der Waals surface area (Å²) in [6.45, 7) is 13.8. The van der Waals surface area contributed by atoms with E-state index >= 15 is 0 Å². The van der Waals surface area contributed by atoms with Crippen molar-refractivity contribution in [2.24, 2.45) is 17.3 Å². The lowest BCUT2D eigenvalue weighted by Crippen LogP contribution is -2.42. The maximum atomic E-state index is 5.54. The summed E-state index contributed by atoms with van der Waals surface area (Å²) in [5.41, 5.74) is 0.109. The van der Waals surface area contributed by atoms with E-state index in [0.717, 1.165) is 32.6 Å². The van der Waals surface area contributed by atoms with Crippen molar-refractivity contribution < 1.29 is 4.74 Å². The quantitative estimate of drug-likeness (QED) is 0.775. The molecule has 0 aliphatic carbocycles. The van der Waals surface area contributed by atoms with Crippen molar-refractivity contribution in [2.45, 2.75) is 53.5 Å². The van der Waals surface area contributed by atoms with Gasteiger partial charge in [-0.3, -0.25) is 0 Å². The fraction of sp³-hybridized carbons (Fsp3) is 0.875. The second-order valence-corrected chi connectivity index (χ2v) is 6.42. The van der Waals surface area contributed by atoms with Gasteiger partial charge in [0, 0.05) is 31.1 Å². The third-order valence-electron chi connectivity index (χ3n) is 3.48. The summed E-state index contributed by atoms with van der Waals surface area (Å²) in [5.74, 6) is 8.06. The van der Waals surface area contributed by atoms with Gasteiger partial charge in [0.2, 0.25) is 0 Å². The van der Waals surface area contributed by atoms with Crippen LogP contribution < -0.4 is 5.32 Å². The lowest BCUT2D eigenvalue weighted by molar-refractivity contribution is 0.0117. The molecule has 3 unspecified atom stereocenters. The first-order valence-corrected chi connectivity index (χ1v) is 7.25. The van der Waals surface area contributed by atoms with Crippen LogP contribution in [0.1, 0.15) is 47.5 Å². The van der Waals surface area contributed by atoms with Crippen molar-refractivity contribution in [2.75, 3.05) is 19.8 Å². The van der Waals surface area contributed by atoms with Gasteiger partial charge < -0.3 is 10.1 Å². The second-order valence-electron chi connectivity index (χ2n) is 6.42. The van der Waals surface area contributed by atoms with E-state index < -0.39 is 0 Å². The molecule has 0 aromatic heterocycles. The zero-order valence-corrected chi connectivity index (χ0v) is 12.7. The van der Waals surface area contributed by atoms with E-state index in [1.54, 1.807) is 0 Å². The number of ether oxygens (including phenoxy) is 1. The van der Waals surface area contributed by atoms with Crippen LogP contribution in [0.3, 0.4) is 0 Å². The van der Waals surface area contributed by atoms with Gasteiger partial charge in [-0.1, -0.05) is 19.8 Å². The largest absolute Gasteiger partial charge is 0.381 e. The van der Waals surface area contributed by atoms with E-state index in [1.165, 1.54) is 0 Å². The van der Waals surface area contributed by atoms with Crippen molar-refractivity contribution in [1.29, 1.82) is 0 Å². The second kappa shape index (κ2) is 7.16. The molecule has 1 N–H and O–H groups in total. The molecule has 18 heavy (non-hydrogen) atoms. The molecule has 0 saturated carbocycles.